The van der Waals surface area contributed by atoms with Crippen LogP contribution in [0.15, 0.2) is 57.7 Å². The molecule has 0 aliphatic carbocycles. The quantitative estimate of drug-likeness (QED) is 0.375. The summed E-state index contributed by atoms with van der Waals surface area (Å²) in [7, 11) is 0. The molecule has 3 rings (SSSR count). The van der Waals surface area contributed by atoms with E-state index in [0.717, 1.165) is 10.9 Å². The van der Waals surface area contributed by atoms with Gasteiger partial charge in [0, 0.05) is 17.0 Å². The minimum absolute atomic E-state index is 0.191. The van der Waals surface area contributed by atoms with Crippen LogP contribution in [0.1, 0.15) is 43.5 Å². The van der Waals surface area contributed by atoms with Crippen molar-refractivity contribution in [1.82, 2.24) is 5.32 Å². The average molecular weight is 423 g/mol. The van der Waals surface area contributed by atoms with Crippen LogP contribution in [0.5, 0.6) is 5.75 Å². The topological polar surface area (TPSA) is 94.8 Å². The number of alkyl carbamates (subject to hydrolysis) is 1. The molecule has 1 aromatic heterocycles. The molecule has 1 atom stereocenters. The molecule has 0 fully saturated rings. The molecule has 3 aromatic rings. The lowest BCUT2D eigenvalue weighted by atomic mass is 10.1. The van der Waals surface area contributed by atoms with E-state index in [1.54, 1.807) is 70.2 Å². The summed E-state index contributed by atoms with van der Waals surface area (Å²) in [6.07, 6.45) is -0.742. The number of esters is 1. The fourth-order valence-corrected chi connectivity index (χ4v) is 3.02. The molecule has 1 amide bonds. The van der Waals surface area contributed by atoms with Crippen LogP contribution in [0, 0.1) is 13.8 Å². The van der Waals surface area contributed by atoms with Crippen LogP contribution in [0.3, 0.4) is 0 Å². The second-order valence-electron chi connectivity index (χ2n) is 8.21. The molecule has 1 heterocycles. The van der Waals surface area contributed by atoms with Crippen LogP contribution in [-0.4, -0.2) is 17.7 Å². The molecular formula is C24H25NO6. The first-order chi connectivity index (χ1) is 14.5. The second kappa shape index (κ2) is 8.63. The van der Waals surface area contributed by atoms with Gasteiger partial charge in [-0.15, -0.1) is 0 Å². The molecule has 2 aromatic carbocycles. The lowest BCUT2D eigenvalue weighted by Crippen LogP contribution is -2.39. The van der Waals surface area contributed by atoms with Crippen molar-refractivity contribution in [3.05, 3.63) is 75.6 Å². The van der Waals surface area contributed by atoms with Crippen molar-refractivity contribution >= 4 is 23.0 Å². The van der Waals surface area contributed by atoms with E-state index < -0.39 is 29.3 Å². The minimum Gasteiger partial charge on any atom is -0.444 e. The Morgan fingerprint density at radius 3 is 2.32 bits per heavy atom. The minimum atomic E-state index is -1.08. The van der Waals surface area contributed by atoms with E-state index in [2.05, 4.69) is 5.32 Å². The summed E-state index contributed by atoms with van der Waals surface area (Å²) < 4.78 is 16.1. The lowest BCUT2D eigenvalue weighted by molar-refractivity contribution is -0.137. The van der Waals surface area contributed by atoms with E-state index in [4.69, 9.17) is 13.9 Å². The molecule has 0 bridgehead atoms. The van der Waals surface area contributed by atoms with Gasteiger partial charge in [-0.25, -0.2) is 14.4 Å². The van der Waals surface area contributed by atoms with Gasteiger partial charge in [0.2, 0.25) is 0 Å². The van der Waals surface area contributed by atoms with Crippen LogP contribution in [0.25, 0.3) is 11.0 Å². The van der Waals surface area contributed by atoms with Crippen molar-refractivity contribution in [3.8, 4) is 5.75 Å². The summed E-state index contributed by atoms with van der Waals surface area (Å²) >= 11 is 0. The summed E-state index contributed by atoms with van der Waals surface area (Å²) in [5, 5.41) is 3.32. The monoisotopic (exact) mass is 423 g/mol. The fraction of sp³-hybridized carbons (Fsp3) is 0.292. The molecule has 7 nitrogen and oxygen atoms in total. The SMILES string of the molecule is Cc1c(C)c2ccc(OC(=O)[C@@H](NC(=O)OC(C)(C)C)c3ccccc3)cc2oc1=O. The molecule has 0 saturated carbocycles. The molecule has 0 aliphatic rings. The molecular weight excluding hydrogens is 398 g/mol. The molecule has 162 valence electrons. The zero-order valence-corrected chi connectivity index (χ0v) is 18.1. The van der Waals surface area contributed by atoms with Gasteiger partial charge in [0.05, 0.1) is 0 Å². The van der Waals surface area contributed by atoms with Crippen molar-refractivity contribution in [2.75, 3.05) is 0 Å². The van der Waals surface area contributed by atoms with Crippen LogP contribution >= 0.6 is 0 Å². The molecule has 1 N–H and O–H groups in total. The van der Waals surface area contributed by atoms with Gasteiger partial charge in [0.15, 0.2) is 6.04 Å². The standard InChI is InChI=1S/C24H25NO6/c1-14-15(2)21(26)30-19-13-17(11-12-18(14)19)29-22(27)20(16-9-7-6-8-10-16)25-23(28)31-24(3,4)5/h6-13,20H,1-5H3,(H,25,28)/t20-/m0/s1. The van der Waals surface area contributed by atoms with Crippen LogP contribution in [0.4, 0.5) is 4.79 Å². The summed E-state index contributed by atoms with van der Waals surface area (Å²) in [5.74, 6) is -0.515. The zero-order valence-electron chi connectivity index (χ0n) is 18.1. The number of rotatable bonds is 4. The third-order valence-electron chi connectivity index (χ3n) is 4.68. The molecule has 0 aliphatic heterocycles. The second-order valence-corrected chi connectivity index (χ2v) is 8.21. The van der Waals surface area contributed by atoms with Gasteiger partial charge in [0.25, 0.3) is 0 Å². The van der Waals surface area contributed by atoms with Crippen LogP contribution in [-0.2, 0) is 9.53 Å². The first-order valence-electron chi connectivity index (χ1n) is 9.85. The normalized spacial score (nSPS) is 12.3. The molecule has 0 unspecified atom stereocenters. The van der Waals surface area contributed by atoms with Gasteiger partial charge in [0.1, 0.15) is 16.9 Å². The third kappa shape index (κ3) is 5.31. The number of benzene rings is 2. The number of carbonyl (C=O) groups excluding carboxylic acids is 2. The van der Waals surface area contributed by atoms with E-state index >= 15 is 0 Å². The Morgan fingerprint density at radius 2 is 1.68 bits per heavy atom. The van der Waals surface area contributed by atoms with Crippen molar-refractivity contribution in [3.63, 3.8) is 0 Å². The Balaban J connectivity index is 1.88. The van der Waals surface area contributed by atoms with Crippen molar-refractivity contribution < 1.29 is 23.5 Å². The Labute approximate surface area is 180 Å². The number of hydrogen-bond donors (Lipinski definition) is 1. The number of aryl methyl sites for hydroxylation is 1. The first kappa shape index (κ1) is 22.1. The van der Waals surface area contributed by atoms with Crippen molar-refractivity contribution in [2.24, 2.45) is 0 Å². The average Bonchev–Trinajstić information content (AvgIpc) is 2.69. The summed E-state index contributed by atoms with van der Waals surface area (Å²) in [6, 6.07) is 12.4. The molecule has 7 heteroatoms. The third-order valence-corrected chi connectivity index (χ3v) is 4.68. The van der Waals surface area contributed by atoms with Gasteiger partial charge in [-0.3, -0.25) is 0 Å². The number of carbonyl (C=O) groups is 2. The van der Waals surface area contributed by atoms with Gasteiger partial charge in [-0.05, 0) is 57.9 Å². The van der Waals surface area contributed by atoms with E-state index in [1.165, 1.54) is 6.07 Å². The highest BCUT2D eigenvalue weighted by molar-refractivity contribution is 5.86. The largest absolute Gasteiger partial charge is 0.444 e. The van der Waals surface area contributed by atoms with Crippen molar-refractivity contribution in [1.29, 1.82) is 0 Å². The molecule has 0 saturated heterocycles. The fourth-order valence-electron chi connectivity index (χ4n) is 3.02. The maximum absolute atomic E-state index is 13.0. The van der Waals surface area contributed by atoms with Gasteiger partial charge in [-0.1, -0.05) is 30.3 Å². The Bertz CT molecular complexity index is 1170. The predicted molar refractivity (Wildman–Crippen MR) is 116 cm³/mol. The van der Waals surface area contributed by atoms with Crippen LogP contribution in [0.2, 0.25) is 0 Å². The summed E-state index contributed by atoms with van der Waals surface area (Å²) in [4.78, 5) is 37.2. The van der Waals surface area contributed by atoms with Gasteiger partial charge < -0.3 is 19.2 Å². The molecule has 0 radical (unpaired) electrons. The highest BCUT2D eigenvalue weighted by Crippen LogP contribution is 2.25. The Kier molecular flexibility index (Phi) is 6.15. The van der Waals surface area contributed by atoms with E-state index in [1.807, 2.05) is 6.92 Å². The number of amides is 1. The van der Waals surface area contributed by atoms with Gasteiger partial charge in [-0.2, -0.15) is 0 Å². The first-order valence-corrected chi connectivity index (χ1v) is 9.85. The molecule has 0 spiro atoms. The highest BCUT2D eigenvalue weighted by Gasteiger charge is 2.27. The van der Waals surface area contributed by atoms with E-state index in [0.29, 0.717) is 16.7 Å². The highest BCUT2D eigenvalue weighted by atomic mass is 16.6. The lowest BCUT2D eigenvalue weighted by Gasteiger charge is -2.23. The van der Waals surface area contributed by atoms with Crippen LogP contribution < -0.4 is 15.7 Å². The van der Waals surface area contributed by atoms with Gasteiger partial charge >= 0.3 is 17.7 Å². The zero-order chi connectivity index (χ0) is 22.8. The Hall–Kier alpha value is -3.61. The summed E-state index contributed by atoms with van der Waals surface area (Å²) in [5.41, 5.74) is 1.02. The maximum Gasteiger partial charge on any atom is 0.408 e. The molecule has 31 heavy (non-hydrogen) atoms. The smallest absolute Gasteiger partial charge is 0.408 e. The van der Waals surface area contributed by atoms with Crippen molar-refractivity contribution in [2.45, 2.75) is 46.3 Å². The van der Waals surface area contributed by atoms with E-state index in [-0.39, 0.29) is 5.75 Å². The number of ether oxygens (including phenoxy) is 2. The number of fused-ring (bicyclic) bond motifs is 1. The maximum atomic E-state index is 13.0. The number of hydrogen-bond acceptors (Lipinski definition) is 6. The van der Waals surface area contributed by atoms with E-state index in [9.17, 15) is 14.4 Å². The Morgan fingerprint density at radius 1 is 1.00 bits per heavy atom. The predicted octanol–water partition coefficient (Wildman–Crippen LogP) is 4.58. The summed E-state index contributed by atoms with van der Waals surface area (Å²) in [6.45, 7) is 8.72. The number of nitrogens with one attached hydrogen (secondary N) is 1.